The Kier molecular flexibility index (Phi) is 4.69. The zero-order valence-corrected chi connectivity index (χ0v) is 11.3. The van der Waals surface area contributed by atoms with Gasteiger partial charge < -0.3 is 9.84 Å². The normalized spacial score (nSPS) is 12.3. The Morgan fingerprint density at radius 2 is 1.95 bits per heavy atom. The van der Waals surface area contributed by atoms with Gasteiger partial charge in [0.1, 0.15) is 5.82 Å². The van der Waals surface area contributed by atoms with Crippen LogP contribution in [0.1, 0.15) is 18.9 Å². The lowest BCUT2D eigenvalue weighted by Crippen LogP contribution is -2.23. The number of hydrogen-bond acceptors (Lipinski definition) is 3. The van der Waals surface area contributed by atoms with E-state index in [-0.39, 0.29) is 12.4 Å². The first kappa shape index (κ1) is 14.5. The van der Waals surface area contributed by atoms with Crippen molar-refractivity contribution >= 4 is 16.7 Å². The number of rotatable bonds is 5. The number of carbonyl (C=O) groups excluding carboxylic acids is 1. The number of esters is 1. The molecule has 4 heteroatoms. The van der Waals surface area contributed by atoms with Crippen molar-refractivity contribution in [3.8, 4) is 0 Å². The fourth-order valence-electron chi connectivity index (χ4n) is 2.08. The third-order valence-electron chi connectivity index (χ3n) is 3.13. The minimum Gasteiger partial charge on any atom is -0.464 e. The van der Waals surface area contributed by atoms with Crippen LogP contribution >= 0.6 is 0 Å². The highest BCUT2D eigenvalue weighted by molar-refractivity contribution is 5.83. The highest BCUT2D eigenvalue weighted by Gasteiger charge is 2.15. The molecule has 0 bridgehead atoms. The van der Waals surface area contributed by atoms with Gasteiger partial charge in [0.15, 0.2) is 6.10 Å². The molecule has 2 rings (SSSR count). The predicted molar refractivity (Wildman–Crippen MR) is 74.9 cm³/mol. The maximum atomic E-state index is 13.1. The van der Waals surface area contributed by atoms with Crippen LogP contribution in [0.3, 0.4) is 0 Å². The van der Waals surface area contributed by atoms with E-state index in [0.717, 1.165) is 16.3 Å². The van der Waals surface area contributed by atoms with E-state index in [2.05, 4.69) is 0 Å². The van der Waals surface area contributed by atoms with Gasteiger partial charge in [-0.2, -0.15) is 0 Å². The molecule has 0 radical (unpaired) electrons. The SMILES string of the molecule is CCOC(=O)C(O)CCc1ccc2cc(F)ccc2c1. The van der Waals surface area contributed by atoms with Gasteiger partial charge in [0.25, 0.3) is 0 Å². The second kappa shape index (κ2) is 6.48. The van der Waals surface area contributed by atoms with E-state index in [4.69, 9.17) is 4.74 Å². The molecular weight excluding hydrogens is 259 g/mol. The molecule has 1 atom stereocenters. The molecule has 0 spiro atoms. The Bertz CT molecular complexity index is 610. The number of halogens is 1. The Labute approximate surface area is 117 Å². The summed E-state index contributed by atoms with van der Waals surface area (Å²) in [4.78, 5) is 11.3. The zero-order chi connectivity index (χ0) is 14.5. The van der Waals surface area contributed by atoms with Gasteiger partial charge in [0, 0.05) is 0 Å². The lowest BCUT2D eigenvalue weighted by atomic mass is 10.0. The van der Waals surface area contributed by atoms with Crippen LogP contribution in [0.2, 0.25) is 0 Å². The predicted octanol–water partition coefficient (Wildman–Crippen LogP) is 2.84. The zero-order valence-electron chi connectivity index (χ0n) is 11.3. The number of aliphatic hydroxyl groups excluding tert-OH is 1. The van der Waals surface area contributed by atoms with Crippen LogP contribution in [0.25, 0.3) is 10.8 Å². The second-order valence-corrected chi connectivity index (χ2v) is 4.63. The fraction of sp³-hybridized carbons (Fsp3) is 0.312. The number of aliphatic hydroxyl groups is 1. The van der Waals surface area contributed by atoms with E-state index < -0.39 is 12.1 Å². The maximum absolute atomic E-state index is 13.1. The molecular formula is C16H17FO3. The number of fused-ring (bicyclic) bond motifs is 1. The van der Waals surface area contributed by atoms with Crippen molar-refractivity contribution in [2.45, 2.75) is 25.9 Å². The van der Waals surface area contributed by atoms with E-state index >= 15 is 0 Å². The monoisotopic (exact) mass is 276 g/mol. The first-order chi connectivity index (χ1) is 9.60. The van der Waals surface area contributed by atoms with E-state index in [9.17, 15) is 14.3 Å². The summed E-state index contributed by atoms with van der Waals surface area (Å²) in [6.07, 6.45) is -0.224. The van der Waals surface area contributed by atoms with E-state index in [1.54, 1.807) is 13.0 Å². The van der Waals surface area contributed by atoms with Gasteiger partial charge >= 0.3 is 5.97 Å². The Balaban J connectivity index is 2.03. The topological polar surface area (TPSA) is 46.5 Å². The molecule has 20 heavy (non-hydrogen) atoms. The molecule has 3 nitrogen and oxygen atoms in total. The molecule has 0 heterocycles. The van der Waals surface area contributed by atoms with Crippen molar-refractivity contribution in [2.75, 3.05) is 6.61 Å². The van der Waals surface area contributed by atoms with Crippen molar-refractivity contribution < 1.29 is 19.0 Å². The average Bonchev–Trinajstić information content (AvgIpc) is 2.44. The van der Waals surface area contributed by atoms with Crippen LogP contribution < -0.4 is 0 Å². The van der Waals surface area contributed by atoms with Crippen molar-refractivity contribution in [1.82, 2.24) is 0 Å². The molecule has 0 aliphatic heterocycles. The number of ether oxygens (including phenoxy) is 1. The van der Waals surface area contributed by atoms with Gasteiger partial charge in [0.2, 0.25) is 0 Å². The summed E-state index contributed by atoms with van der Waals surface area (Å²) in [5.74, 6) is -0.849. The molecule has 0 aliphatic rings. The molecule has 0 fully saturated rings. The van der Waals surface area contributed by atoms with E-state index in [0.29, 0.717) is 12.8 Å². The van der Waals surface area contributed by atoms with Crippen molar-refractivity contribution in [3.05, 3.63) is 47.8 Å². The van der Waals surface area contributed by atoms with Gasteiger partial charge in [-0.25, -0.2) is 9.18 Å². The second-order valence-electron chi connectivity index (χ2n) is 4.63. The van der Waals surface area contributed by atoms with Crippen LogP contribution in [-0.4, -0.2) is 23.8 Å². The van der Waals surface area contributed by atoms with Crippen LogP contribution in [0, 0.1) is 5.82 Å². The lowest BCUT2D eigenvalue weighted by Gasteiger charge is -2.10. The molecule has 2 aromatic carbocycles. The van der Waals surface area contributed by atoms with Crippen LogP contribution in [0.4, 0.5) is 4.39 Å². The summed E-state index contributed by atoms with van der Waals surface area (Å²) in [6, 6.07) is 10.3. The molecule has 0 saturated carbocycles. The van der Waals surface area contributed by atoms with Gasteiger partial charge in [-0.05, 0) is 48.2 Å². The first-order valence-electron chi connectivity index (χ1n) is 6.63. The summed E-state index contributed by atoms with van der Waals surface area (Å²) in [6.45, 7) is 1.96. The van der Waals surface area contributed by atoms with Gasteiger partial charge in [-0.1, -0.05) is 24.3 Å². The molecule has 0 amide bonds. The van der Waals surface area contributed by atoms with Gasteiger partial charge in [-0.3, -0.25) is 0 Å². The number of hydrogen-bond donors (Lipinski definition) is 1. The third kappa shape index (κ3) is 3.54. The Hall–Kier alpha value is -1.94. The van der Waals surface area contributed by atoms with Gasteiger partial charge in [-0.15, -0.1) is 0 Å². The first-order valence-corrected chi connectivity index (χ1v) is 6.63. The maximum Gasteiger partial charge on any atom is 0.334 e. The Morgan fingerprint density at radius 3 is 2.70 bits per heavy atom. The standard InChI is InChI=1S/C16H17FO3/c1-2-20-16(19)15(18)8-4-11-3-5-13-10-14(17)7-6-12(13)9-11/h3,5-7,9-10,15,18H,2,4,8H2,1H3. The minimum absolute atomic E-state index is 0.261. The molecule has 0 saturated heterocycles. The largest absolute Gasteiger partial charge is 0.464 e. The highest BCUT2D eigenvalue weighted by Crippen LogP contribution is 2.18. The molecule has 0 aliphatic carbocycles. The number of aryl methyl sites for hydroxylation is 1. The van der Waals surface area contributed by atoms with Crippen LogP contribution in [0.5, 0.6) is 0 Å². The highest BCUT2D eigenvalue weighted by atomic mass is 19.1. The van der Waals surface area contributed by atoms with Crippen molar-refractivity contribution in [3.63, 3.8) is 0 Å². The smallest absolute Gasteiger partial charge is 0.334 e. The van der Waals surface area contributed by atoms with E-state index in [1.807, 2.05) is 18.2 Å². The molecule has 1 unspecified atom stereocenters. The number of benzene rings is 2. The summed E-state index contributed by atoms with van der Waals surface area (Å²) >= 11 is 0. The minimum atomic E-state index is -1.10. The van der Waals surface area contributed by atoms with Gasteiger partial charge in [0.05, 0.1) is 6.61 Å². The molecule has 0 aromatic heterocycles. The Morgan fingerprint density at radius 1 is 1.25 bits per heavy atom. The summed E-state index contributed by atoms with van der Waals surface area (Å²) in [5.41, 5.74) is 0.993. The molecule has 106 valence electrons. The van der Waals surface area contributed by atoms with E-state index in [1.165, 1.54) is 12.1 Å². The quantitative estimate of drug-likeness (QED) is 0.854. The van der Waals surface area contributed by atoms with Crippen LogP contribution in [0.15, 0.2) is 36.4 Å². The molecule has 1 N–H and O–H groups in total. The fourth-order valence-corrected chi connectivity index (χ4v) is 2.08. The average molecular weight is 276 g/mol. The summed E-state index contributed by atoms with van der Waals surface area (Å²) < 4.78 is 17.8. The van der Waals surface area contributed by atoms with Crippen molar-refractivity contribution in [2.24, 2.45) is 0 Å². The number of carbonyl (C=O) groups is 1. The van der Waals surface area contributed by atoms with Crippen molar-refractivity contribution in [1.29, 1.82) is 0 Å². The van der Waals surface area contributed by atoms with Crippen LogP contribution in [-0.2, 0) is 16.0 Å². The lowest BCUT2D eigenvalue weighted by molar-refractivity contribution is -0.153. The summed E-state index contributed by atoms with van der Waals surface area (Å²) in [7, 11) is 0. The molecule has 2 aromatic rings. The summed E-state index contributed by atoms with van der Waals surface area (Å²) in [5, 5.41) is 11.4. The third-order valence-corrected chi connectivity index (χ3v) is 3.13.